The summed E-state index contributed by atoms with van der Waals surface area (Å²) >= 11 is 0. The molecular formula is C41H52N4O9. The molecule has 7 atom stereocenters. The van der Waals surface area contributed by atoms with E-state index in [4.69, 9.17) is 0 Å². The highest BCUT2D eigenvalue weighted by Crippen LogP contribution is 2.42. The predicted molar refractivity (Wildman–Crippen MR) is 197 cm³/mol. The smallest absolute Gasteiger partial charge is 0.307 e. The minimum absolute atomic E-state index is 0.0122. The van der Waals surface area contributed by atoms with Crippen LogP contribution in [0.4, 0.5) is 0 Å². The van der Waals surface area contributed by atoms with Crippen LogP contribution < -0.4 is 5.32 Å². The highest BCUT2D eigenvalue weighted by atomic mass is 16.4. The number of fused-ring (bicyclic) bond motifs is 1. The number of rotatable bonds is 20. The van der Waals surface area contributed by atoms with Gasteiger partial charge >= 0.3 is 5.97 Å². The number of Topliss-reactive ketones (excluding diaryl/α,β-unsaturated/α-hetero) is 5. The largest absolute Gasteiger partial charge is 0.481 e. The molecule has 2 aromatic rings. The Balaban J connectivity index is 1.52. The molecule has 13 heteroatoms. The SMILES string of the molecule is CCCC(CC(=O)[C@@H]1[C@H]2CCC(=O)C2CN1C(=O)[C@@H](NC(=O)[C@H](CC(=O)c1cnccn1)C(C)C)C(C)C)C(=O)C(=O)C[C@@H](Cc1ccccc1)C(=O)O. The third-order valence-electron chi connectivity index (χ3n) is 10.9. The van der Waals surface area contributed by atoms with Crippen molar-refractivity contribution in [2.75, 3.05) is 6.54 Å². The number of carbonyl (C=O) groups is 8. The van der Waals surface area contributed by atoms with Gasteiger partial charge in [-0.05, 0) is 42.6 Å². The van der Waals surface area contributed by atoms with Crippen LogP contribution in [0.3, 0.4) is 0 Å². The van der Waals surface area contributed by atoms with Crippen molar-refractivity contribution in [1.82, 2.24) is 20.2 Å². The van der Waals surface area contributed by atoms with Gasteiger partial charge in [0, 0.05) is 62.4 Å². The normalized spacial score (nSPS) is 20.2. The number of nitrogens with zero attached hydrogens (tertiary/aromatic N) is 3. The number of amides is 2. The number of carboxylic acids is 1. The minimum Gasteiger partial charge on any atom is -0.481 e. The van der Waals surface area contributed by atoms with E-state index < -0.39 is 89.1 Å². The number of benzene rings is 1. The molecule has 2 N–H and O–H groups in total. The van der Waals surface area contributed by atoms with E-state index in [0.29, 0.717) is 18.4 Å². The van der Waals surface area contributed by atoms with Crippen molar-refractivity contribution in [2.24, 2.45) is 41.4 Å². The van der Waals surface area contributed by atoms with Crippen LogP contribution >= 0.6 is 0 Å². The van der Waals surface area contributed by atoms with E-state index in [1.165, 1.54) is 23.5 Å². The molecule has 13 nitrogen and oxygen atoms in total. The van der Waals surface area contributed by atoms with E-state index in [9.17, 15) is 43.5 Å². The van der Waals surface area contributed by atoms with Crippen molar-refractivity contribution in [2.45, 2.75) is 98.1 Å². The number of aromatic nitrogens is 2. The molecule has 0 spiro atoms. The van der Waals surface area contributed by atoms with Crippen LogP contribution in [-0.4, -0.2) is 85.3 Å². The number of carboxylic acid groups (broad SMARTS) is 1. The Morgan fingerprint density at radius 2 is 1.63 bits per heavy atom. The number of hydrogen-bond acceptors (Lipinski definition) is 10. The van der Waals surface area contributed by atoms with Crippen LogP contribution in [0.1, 0.15) is 95.6 Å². The molecule has 4 rings (SSSR count). The molecule has 1 aliphatic carbocycles. The summed E-state index contributed by atoms with van der Waals surface area (Å²) < 4.78 is 0. The van der Waals surface area contributed by atoms with Gasteiger partial charge in [0.2, 0.25) is 17.6 Å². The van der Waals surface area contributed by atoms with Crippen LogP contribution in [0.2, 0.25) is 0 Å². The number of ketones is 5. The first kappa shape index (κ1) is 41.8. The first-order chi connectivity index (χ1) is 25.6. The molecule has 290 valence electrons. The zero-order chi connectivity index (χ0) is 39.7. The van der Waals surface area contributed by atoms with Gasteiger partial charge in [0.25, 0.3) is 0 Å². The number of hydrogen-bond donors (Lipinski definition) is 2. The Bertz CT molecular complexity index is 1710. The molecule has 1 saturated heterocycles. The molecule has 1 aromatic carbocycles. The Kier molecular flexibility index (Phi) is 14.6. The lowest BCUT2D eigenvalue weighted by atomic mass is 9.83. The highest BCUT2D eigenvalue weighted by molar-refractivity contribution is 6.38. The fraction of sp³-hybridized carbons (Fsp3) is 0.561. The van der Waals surface area contributed by atoms with Crippen molar-refractivity contribution < 1.29 is 43.5 Å². The second kappa shape index (κ2) is 18.9. The molecule has 2 amide bonds. The maximum Gasteiger partial charge on any atom is 0.307 e. The summed E-state index contributed by atoms with van der Waals surface area (Å²) in [5.41, 5.74) is 0.834. The first-order valence-electron chi connectivity index (χ1n) is 18.9. The van der Waals surface area contributed by atoms with Crippen LogP contribution in [0.15, 0.2) is 48.9 Å². The molecule has 2 unspecified atom stereocenters. The van der Waals surface area contributed by atoms with Crippen molar-refractivity contribution in [3.05, 3.63) is 60.2 Å². The van der Waals surface area contributed by atoms with Crippen molar-refractivity contribution >= 4 is 46.7 Å². The fourth-order valence-electron chi connectivity index (χ4n) is 7.81. The molecule has 54 heavy (non-hydrogen) atoms. The molecular weight excluding hydrogens is 692 g/mol. The van der Waals surface area contributed by atoms with E-state index in [0.717, 1.165) is 0 Å². The number of likely N-dealkylation sites (tertiary alicyclic amines) is 1. The van der Waals surface area contributed by atoms with Gasteiger partial charge in [0.05, 0.1) is 18.2 Å². The zero-order valence-electron chi connectivity index (χ0n) is 31.7. The van der Waals surface area contributed by atoms with Crippen molar-refractivity contribution in [3.8, 4) is 0 Å². The quantitative estimate of drug-likeness (QED) is 0.146. The zero-order valence-corrected chi connectivity index (χ0v) is 31.7. The Labute approximate surface area is 316 Å². The van der Waals surface area contributed by atoms with Crippen LogP contribution in [0.5, 0.6) is 0 Å². The van der Waals surface area contributed by atoms with Gasteiger partial charge in [-0.1, -0.05) is 71.4 Å². The summed E-state index contributed by atoms with van der Waals surface area (Å²) in [5.74, 6) is -9.50. The van der Waals surface area contributed by atoms with Gasteiger partial charge in [0.15, 0.2) is 17.3 Å². The summed E-state index contributed by atoms with van der Waals surface area (Å²) in [4.78, 5) is 117. The van der Waals surface area contributed by atoms with Gasteiger partial charge in [-0.15, -0.1) is 0 Å². The Morgan fingerprint density at radius 1 is 0.926 bits per heavy atom. The van der Waals surface area contributed by atoms with E-state index in [1.807, 2.05) is 6.92 Å². The maximum atomic E-state index is 14.4. The lowest BCUT2D eigenvalue weighted by molar-refractivity contribution is -0.147. The average Bonchev–Trinajstić information content (AvgIpc) is 3.71. The second-order valence-electron chi connectivity index (χ2n) is 15.4. The number of aliphatic carboxylic acids is 1. The lowest BCUT2D eigenvalue weighted by Crippen LogP contribution is -2.56. The van der Waals surface area contributed by atoms with E-state index in [-0.39, 0.29) is 61.8 Å². The molecule has 1 saturated carbocycles. The number of carbonyl (C=O) groups excluding carboxylic acids is 7. The maximum absolute atomic E-state index is 14.4. The Morgan fingerprint density at radius 3 is 2.22 bits per heavy atom. The highest BCUT2D eigenvalue weighted by Gasteiger charge is 2.54. The predicted octanol–water partition coefficient (Wildman–Crippen LogP) is 4.12. The van der Waals surface area contributed by atoms with E-state index in [1.54, 1.807) is 58.0 Å². The molecule has 0 radical (unpaired) electrons. The fourth-order valence-corrected chi connectivity index (χ4v) is 7.81. The van der Waals surface area contributed by atoms with Crippen LogP contribution in [-0.2, 0) is 40.0 Å². The first-order valence-corrected chi connectivity index (χ1v) is 18.9. The summed E-state index contributed by atoms with van der Waals surface area (Å²) in [6.07, 6.45) is 4.51. The van der Waals surface area contributed by atoms with Gasteiger partial charge in [-0.25, -0.2) is 4.98 Å². The van der Waals surface area contributed by atoms with E-state index in [2.05, 4.69) is 15.3 Å². The molecule has 1 aliphatic heterocycles. The summed E-state index contributed by atoms with van der Waals surface area (Å²) in [6, 6.07) is 6.68. The summed E-state index contributed by atoms with van der Waals surface area (Å²) in [7, 11) is 0. The van der Waals surface area contributed by atoms with Crippen molar-refractivity contribution in [1.29, 1.82) is 0 Å². The summed E-state index contributed by atoms with van der Waals surface area (Å²) in [5, 5.41) is 12.7. The van der Waals surface area contributed by atoms with Gasteiger partial charge in [-0.3, -0.25) is 43.3 Å². The third kappa shape index (κ3) is 10.2. The molecule has 2 heterocycles. The Hall–Kier alpha value is -4.94. The molecule has 0 bridgehead atoms. The van der Waals surface area contributed by atoms with Gasteiger partial charge in [0.1, 0.15) is 17.5 Å². The third-order valence-corrected chi connectivity index (χ3v) is 10.9. The monoisotopic (exact) mass is 744 g/mol. The van der Waals surface area contributed by atoms with E-state index >= 15 is 0 Å². The van der Waals surface area contributed by atoms with Gasteiger partial charge < -0.3 is 15.3 Å². The van der Waals surface area contributed by atoms with Crippen LogP contribution in [0.25, 0.3) is 0 Å². The lowest BCUT2D eigenvalue weighted by Gasteiger charge is -2.33. The van der Waals surface area contributed by atoms with Crippen molar-refractivity contribution in [3.63, 3.8) is 0 Å². The van der Waals surface area contributed by atoms with Gasteiger partial charge in [-0.2, -0.15) is 0 Å². The minimum atomic E-state index is -1.20. The molecule has 1 aromatic heterocycles. The van der Waals surface area contributed by atoms with Crippen LogP contribution in [0, 0.1) is 41.4 Å². The standard InChI is InChI=1S/C41H52N4O9/c1-6-10-26(38(50)35(49)19-27(41(53)54)17-25-11-8-7-9-12-25)18-34(48)37-28-13-14-32(46)30(28)22-45(37)40(52)36(24(4)5)44-39(51)29(23(2)3)20-33(47)31-21-42-15-16-43-31/h7-9,11-12,15-16,21,23-24,26-30,36-37H,6,10,13-14,17-20,22H2,1-5H3,(H,44,51)(H,53,54)/t26?,27-,28+,29-,30?,36+,37+/m1/s1. The molecule has 2 aliphatic rings. The summed E-state index contributed by atoms with van der Waals surface area (Å²) in [6.45, 7) is 8.89. The average molecular weight is 745 g/mol. The second-order valence-corrected chi connectivity index (χ2v) is 15.4. The number of nitrogens with one attached hydrogen (secondary N) is 1. The molecule has 2 fully saturated rings. The topological polar surface area (TPSA) is 198 Å².